The number of nitrogens with zero attached hydrogens (tertiary/aromatic N) is 1. The molecule has 0 fully saturated rings. The van der Waals surface area contributed by atoms with Crippen molar-refractivity contribution in [3.8, 4) is 5.75 Å². The molecule has 178 valence electrons. The number of ether oxygens (including phenoxy) is 1. The van der Waals surface area contributed by atoms with E-state index in [-0.39, 0.29) is 16.2 Å². The average Bonchev–Trinajstić information content (AvgIpc) is 3.24. The molecule has 0 saturated carbocycles. The van der Waals surface area contributed by atoms with Crippen LogP contribution >= 0.6 is 0 Å². The Hall–Kier alpha value is -3.32. The fourth-order valence-electron chi connectivity index (χ4n) is 3.93. The Bertz CT molecular complexity index is 1280. The van der Waals surface area contributed by atoms with Gasteiger partial charge in [-0.15, -0.1) is 0 Å². The van der Waals surface area contributed by atoms with Gasteiger partial charge in [-0.25, -0.2) is 8.42 Å². The number of hydrogen-bond donors (Lipinski definition) is 1. The molecular weight excluding hydrogens is 448 g/mol. The highest BCUT2D eigenvalue weighted by molar-refractivity contribution is 7.92. The van der Waals surface area contributed by atoms with Crippen molar-refractivity contribution in [2.45, 2.75) is 50.5 Å². The molecule has 1 atom stereocenters. The lowest BCUT2D eigenvalue weighted by molar-refractivity contribution is -0.122. The van der Waals surface area contributed by atoms with E-state index in [4.69, 9.17) is 4.74 Å². The number of rotatable bonds is 6. The lowest BCUT2D eigenvalue weighted by atomic mass is 9.87. The Morgan fingerprint density at radius 3 is 2.26 bits per heavy atom. The van der Waals surface area contributed by atoms with Gasteiger partial charge in [-0.2, -0.15) is 0 Å². The summed E-state index contributed by atoms with van der Waals surface area (Å²) in [6.45, 7) is 8.51. The molecule has 34 heavy (non-hydrogen) atoms. The third-order valence-corrected chi connectivity index (χ3v) is 7.78. The molecule has 0 saturated heterocycles. The quantitative estimate of drug-likeness (QED) is 0.532. The Morgan fingerprint density at radius 2 is 1.62 bits per heavy atom. The average molecular weight is 479 g/mol. The van der Waals surface area contributed by atoms with Gasteiger partial charge >= 0.3 is 0 Å². The zero-order valence-corrected chi connectivity index (χ0v) is 20.7. The standard InChI is InChI=1S/C27H30N2O4S/c1-19(33-23-13-9-21(10-14-23)27(2,3)4)26(30)28-22-11-15-24(16-12-22)34(31,32)29-18-17-20-7-5-6-8-25(20)29/h5-16,19H,17-18H2,1-4H3,(H,28,30). The molecule has 1 N–H and O–H groups in total. The summed E-state index contributed by atoms with van der Waals surface area (Å²) in [5.41, 5.74) is 3.48. The third-order valence-electron chi connectivity index (χ3n) is 5.96. The van der Waals surface area contributed by atoms with Crippen molar-refractivity contribution in [1.82, 2.24) is 0 Å². The van der Waals surface area contributed by atoms with Crippen molar-refractivity contribution in [2.75, 3.05) is 16.2 Å². The van der Waals surface area contributed by atoms with E-state index >= 15 is 0 Å². The topological polar surface area (TPSA) is 75.7 Å². The van der Waals surface area contributed by atoms with E-state index in [9.17, 15) is 13.2 Å². The maximum absolute atomic E-state index is 13.1. The van der Waals surface area contributed by atoms with Crippen molar-refractivity contribution >= 4 is 27.3 Å². The zero-order chi connectivity index (χ0) is 24.5. The number of sulfonamides is 1. The Balaban J connectivity index is 1.40. The van der Waals surface area contributed by atoms with Gasteiger partial charge in [0, 0.05) is 12.2 Å². The highest BCUT2D eigenvalue weighted by atomic mass is 32.2. The molecule has 0 aromatic heterocycles. The number of hydrogen-bond acceptors (Lipinski definition) is 4. The molecule has 1 heterocycles. The fraction of sp³-hybridized carbons (Fsp3) is 0.296. The SMILES string of the molecule is CC(Oc1ccc(C(C)(C)C)cc1)C(=O)Nc1ccc(S(=O)(=O)N2CCc3ccccc32)cc1. The molecule has 0 spiro atoms. The van der Waals surface area contributed by atoms with Crippen LogP contribution in [0, 0.1) is 0 Å². The lowest BCUT2D eigenvalue weighted by Crippen LogP contribution is -2.30. The van der Waals surface area contributed by atoms with Gasteiger partial charge < -0.3 is 10.1 Å². The minimum absolute atomic E-state index is 0.0410. The van der Waals surface area contributed by atoms with Gasteiger partial charge in [0.05, 0.1) is 10.6 Å². The number of fused-ring (bicyclic) bond motifs is 1. The Labute approximate surface area is 201 Å². The van der Waals surface area contributed by atoms with Crippen LogP contribution in [0.1, 0.15) is 38.8 Å². The normalized spacial score (nSPS) is 14.4. The van der Waals surface area contributed by atoms with Gasteiger partial charge in [0.15, 0.2) is 6.10 Å². The predicted octanol–water partition coefficient (Wildman–Crippen LogP) is 5.14. The molecule has 3 aromatic rings. The van der Waals surface area contributed by atoms with Crippen molar-refractivity contribution < 1.29 is 17.9 Å². The molecule has 6 nitrogen and oxygen atoms in total. The van der Waals surface area contributed by atoms with Gasteiger partial charge in [0.25, 0.3) is 15.9 Å². The van der Waals surface area contributed by atoms with Crippen LogP contribution in [0.4, 0.5) is 11.4 Å². The van der Waals surface area contributed by atoms with E-state index in [1.54, 1.807) is 19.1 Å². The number of carbonyl (C=O) groups is 1. The van der Waals surface area contributed by atoms with Crippen molar-refractivity contribution in [3.63, 3.8) is 0 Å². The van der Waals surface area contributed by atoms with E-state index in [0.29, 0.717) is 24.4 Å². The second-order valence-electron chi connectivity index (χ2n) is 9.50. The molecule has 0 aliphatic carbocycles. The maximum Gasteiger partial charge on any atom is 0.265 e. The first-order valence-corrected chi connectivity index (χ1v) is 12.8. The first-order chi connectivity index (χ1) is 16.1. The first-order valence-electron chi connectivity index (χ1n) is 11.3. The molecule has 4 rings (SSSR count). The first kappa shape index (κ1) is 23.8. The number of anilines is 2. The summed E-state index contributed by atoms with van der Waals surface area (Å²) in [4.78, 5) is 12.8. The van der Waals surface area contributed by atoms with Gasteiger partial charge in [0.1, 0.15) is 5.75 Å². The number of carbonyl (C=O) groups excluding carboxylic acids is 1. The maximum atomic E-state index is 13.1. The summed E-state index contributed by atoms with van der Waals surface area (Å²) in [7, 11) is -3.67. The molecular formula is C27H30N2O4S. The minimum atomic E-state index is -3.67. The summed E-state index contributed by atoms with van der Waals surface area (Å²) in [6, 6.07) is 21.5. The van der Waals surface area contributed by atoms with E-state index in [0.717, 1.165) is 11.3 Å². The largest absolute Gasteiger partial charge is 0.481 e. The van der Waals surface area contributed by atoms with Crippen molar-refractivity contribution in [3.05, 3.63) is 83.9 Å². The fourth-order valence-corrected chi connectivity index (χ4v) is 5.43. The van der Waals surface area contributed by atoms with Crippen LogP contribution in [0.5, 0.6) is 5.75 Å². The second-order valence-corrected chi connectivity index (χ2v) is 11.4. The Morgan fingerprint density at radius 1 is 0.971 bits per heavy atom. The summed E-state index contributed by atoms with van der Waals surface area (Å²) in [5.74, 6) is 0.298. The van der Waals surface area contributed by atoms with E-state index in [1.807, 2.05) is 48.5 Å². The van der Waals surface area contributed by atoms with E-state index in [1.165, 1.54) is 22.0 Å². The van der Waals surface area contributed by atoms with Crippen LogP contribution in [0.15, 0.2) is 77.7 Å². The highest BCUT2D eigenvalue weighted by Gasteiger charge is 2.30. The number of benzene rings is 3. The molecule has 7 heteroatoms. The van der Waals surface area contributed by atoms with Gasteiger partial charge in [-0.1, -0.05) is 51.1 Å². The van der Waals surface area contributed by atoms with Gasteiger partial charge in [-0.05, 0) is 72.4 Å². The van der Waals surface area contributed by atoms with Crippen molar-refractivity contribution in [2.24, 2.45) is 0 Å². The number of nitrogens with one attached hydrogen (secondary N) is 1. The van der Waals surface area contributed by atoms with Crippen LogP contribution in [-0.2, 0) is 26.7 Å². The highest BCUT2D eigenvalue weighted by Crippen LogP contribution is 2.33. The van der Waals surface area contributed by atoms with Crippen LogP contribution in [0.25, 0.3) is 0 Å². The summed E-state index contributed by atoms with van der Waals surface area (Å²) < 4.78 is 33.5. The smallest absolute Gasteiger partial charge is 0.265 e. The summed E-state index contributed by atoms with van der Waals surface area (Å²) >= 11 is 0. The molecule has 1 aliphatic rings. The molecule has 0 bridgehead atoms. The molecule has 3 aromatic carbocycles. The monoisotopic (exact) mass is 478 g/mol. The Kier molecular flexibility index (Phi) is 6.41. The molecule has 1 aliphatic heterocycles. The summed E-state index contributed by atoms with van der Waals surface area (Å²) in [6.07, 6.45) is -0.0228. The van der Waals surface area contributed by atoms with E-state index in [2.05, 4.69) is 26.1 Å². The second kappa shape index (κ2) is 9.14. The summed E-state index contributed by atoms with van der Waals surface area (Å²) in [5, 5.41) is 2.79. The molecule has 0 radical (unpaired) electrons. The number of para-hydroxylation sites is 1. The van der Waals surface area contributed by atoms with Crippen LogP contribution in [-0.4, -0.2) is 27.0 Å². The molecule has 1 unspecified atom stereocenters. The van der Waals surface area contributed by atoms with Crippen LogP contribution in [0.2, 0.25) is 0 Å². The van der Waals surface area contributed by atoms with Gasteiger partial charge in [-0.3, -0.25) is 9.10 Å². The minimum Gasteiger partial charge on any atom is -0.481 e. The lowest BCUT2D eigenvalue weighted by Gasteiger charge is -2.20. The predicted molar refractivity (Wildman–Crippen MR) is 135 cm³/mol. The molecule has 1 amide bonds. The van der Waals surface area contributed by atoms with Crippen molar-refractivity contribution in [1.29, 1.82) is 0 Å². The zero-order valence-electron chi connectivity index (χ0n) is 19.9. The third kappa shape index (κ3) is 4.94. The van der Waals surface area contributed by atoms with Gasteiger partial charge in [0.2, 0.25) is 0 Å². The van der Waals surface area contributed by atoms with Crippen LogP contribution < -0.4 is 14.4 Å². The number of amides is 1. The van der Waals surface area contributed by atoms with E-state index < -0.39 is 16.1 Å². The van der Waals surface area contributed by atoms with Crippen LogP contribution in [0.3, 0.4) is 0 Å².